The Morgan fingerprint density at radius 1 is 1.13 bits per heavy atom. The molecule has 0 spiro atoms. The van der Waals surface area contributed by atoms with Gasteiger partial charge in [0.2, 0.25) is 10.0 Å². The van der Waals surface area contributed by atoms with Gasteiger partial charge < -0.3 is 14.2 Å². The second kappa shape index (κ2) is 8.45. The molecule has 0 amide bonds. The van der Waals surface area contributed by atoms with E-state index in [1.807, 2.05) is 54.6 Å². The fourth-order valence-electron chi connectivity index (χ4n) is 3.76. The lowest BCUT2D eigenvalue weighted by Crippen LogP contribution is -2.18. The summed E-state index contributed by atoms with van der Waals surface area (Å²) in [4.78, 5) is 0. The smallest absolute Gasteiger partial charge is 0.213 e. The molecular formula is C24H23NO5S. The summed E-state index contributed by atoms with van der Waals surface area (Å²) < 4.78 is 40.8. The van der Waals surface area contributed by atoms with E-state index >= 15 is 0 Å². The third-order valence-corrected chi connectivity index (χ3v) is 5.77. The van der Waals surface area contributed by atoms with Gasteiger partial charge in [-0.15, -0.1) is 0 Å². The van der Waals surface area contributed by atoms with E-state index in [-0.39, 0.29) is 5.75 Å². The van der Waals surface area contributed by atoms with Crippen molar-refractivity contribution >= 4 is 10.0 Å². The molecule has 0 saturated carbocycles. The van der Waals surface area contributed by atoms with E-state index in [2.05, 4.69) is 6.58 Å². The molecule has 2 N–H and O–H groups in total. The van der Waals surface area contributed by atoms with Gasteiger partial charge in [0.25, 0.3) is 0 Å². The number of ether oxygens (including phenoxy) is 3. The van der Waals surface area contributed by atoms with Crippen LogP contribution in [-0.2, 0) is 15.8 Å². The number of fused-ring (bicyclic) bond motifs is 3. The number of benzene rings is 3. The fourth-order valence-corrected chi connectivity index (χ4v) is 4.40. The molecule has 1 unspecified atom stereocenters. The van der Waals surface area contributed by atoms with Gasteiger partial charge in [-0.2, -0.15) is 0 Å². The molecule has 0 radical (unpaired) electrons. The Labute approximate surface area is 181 Å². The first-order valence-corrected chi connectivity index (χ1v) is 11.4. The average Bonchev–Trinajstić information content (AvgIpc) is 2.75. The van der Waals surface area contributed by atoms with E-state index in [0.29, 0.717) is 23.7 Å². The number of sulfonamides is 1. The highest BCUT2D eigenvalue weighted by Crippen LogP contribution is 2.49. The summed E-state index contributed by atoms with van der Waals surface area (Å²) in [5, 5.41) is 5.27. The van der Waals surface area contributed by atoms with E-state index in [0.717, 1.165) is 28.0 Å². The molecule has 0 aliphatic carbocycles. The molecule has 0 saturated heterocycles. The SMILES string of the molecule is C=CCOc1ccc(C2Oc3cccc(OC)c3-c3ccc(CS(N)(=O)=O)cc32)cc1. The van der Waals surface area contributed by atoms with Gasteiger partial charge in [0, 0.05) is 5.56 Å². The first-order valence-electron chi connectivity index (χ1n) is 9.70. The number of nitrogens with two attached hydrogens (primary N) is 1. The van der Waals surface area contributed by atoms with Crippen LogP contribution < -0.4 is 19.3 Å². The normalized spacial score (nSPS) is 14.7. The summed E-state index contributed by atoms with van der Waals surface area (Å²) in [5.41, 5.74) is 4.11. The summed E-state index contributed by atoms with van der Waals surface area (Å²) in [6.45, 7) is 4.08. The number of methoxy groups -OCH3 is 1. The first-order chi connectivity index (χ1) is 14.9. The van der Waals surface area contributed by atoms with E-state index in [9.17, 15) is 8.42 Å². The van der Waals surface area contributed by atoms with Gasteiger partial charge in [-0.05, 0) is 41.0 Å². The summed E-state index contributed by atoms with van der Waals surface area (Å²) in [5.74, 6) is 1.86. The monoisotopic (exact) mass is 437 g/mol. The molecule has 1 aliphatic heterocycles. The minimum atomic E-state index is -3.66. The van der Waals surface area contributed by atoms with Crippen molar-refractivity contribution in [3.8, 4) is 28.4 Å². The Kier molecular flexibility index (Phi) is 5.71. The van der Waals surface area contributed by atoms with Crippen molar-refractivity contribution in [1.29, 1.82) is 0 Å². The van der Waals surface area contributed by atoms with Crippen LogP contribution in [0.1, 0.15) is 22.8 Å². The summed E-state index contributed by atoms with van der Waals surface area (Å²) >= 11 is 0. The Hall–Kier alpha value is -3.29. The quantitative estimate of drug-likeness (QED) is 0.560. The molecule has 0 fully saturated rings. The number of hydrogen-bond donors (Lipinski definition) is 1. The van der Waals surface area contributed by atoms with Gasteiger partial charge in [-0.25, -0.2) is 13.6 Å². The molecule has 160 valence electrons. The van der Waals surface area contributed by atoms with Crippen molar-refractivity contribution in [2.45, 2.75) is 11.9 Å². The number of rotatable bonds is 7. The highest BCUT2D eigenvalue weighted by molar-refractivity contribution is 7.88. The Morgan fingerprint density at radius 3 is 2.58 bits per heavy atom. The summed E-state index contributed by atoms with van der Waals surface area (Å²) in [6.07, 6.45) is 1.26. The summed E-state index contributed by atoms with van der Waals surface area (Å²) in [6, 6.07) is 18.8. The molecule has 0 aromatic heterocycles. The van der Waals surface area contributed by atoms with Gasteiger partial charge in [0.05, 0.1) is 18.4 Å². The van der Waals surface area contributed by atoms with Crippen molar-refractivity contribution in [2.75, 3.05) is 13.7 Å². The zero-order chi connectivity index (χ0) is 22.0. The van der Waals surface area contributed by atoms with Crippen LogP contribution in [0, 0.1) is 0 Å². The molecule has 6 nitrogen and oxygen atoms in total. The Bertz CT molecular complexity index is 1220. The maximum Gasteiger partial charge on any atom is 0.213 e. The van der Waals surface area contributed by atoms with Gasteiger partial charge >= 0.3 is 0 Å². The number of hydrogen-bond acceptors (Lipinski definition) is 5. The van der Waals surface area contributed by atoms with Crippen molar-refractivity contribution in [1.82, 2.24) is 0 Å². The second-order valence-corrected chi connectivity index (χ2v) is 8.84. The zero-order valence-corrected chi connectivity index (χ0v) is 17.9. The van der Waals surface area contributed by atoms with E-state index in [1.54, 1.807) is 19.3 Å². The second-order valence-electron chi connectivity index (χ2n) is 7.23. The minimum Gasteiger partial charge on any atom is -0.496 e. The standard InChI is InChI=1S/C24H23NO5S/c1-3-13-29-18-10-8-17(9-11-18)24-20-14-16(15-31(25,26)27)7-12-19(20)23-21(28-2)5-4-6-22(23)30-24/h3-12,14,24H,1,13,15H2,2H3,(H2,25,26,27). The van der Waals surface area contributed by atoms with Gasteiger partial charge in [-0.3, -0.25) is 0 Å². The third kappa shape index (κ3) is 4.42. The zero-order valence-electron chi connectivity index (χ0n) is 17.1. The van der Waals surface area contributed by atoms with Crippen LogP contribution in [0.2, 0.25) is 0 Å². The van der Waals surface area contributed by atoms with Gasteiger partial charge in [0.15, 0.2) is 0 Å². The van der Waals surface area contributed by atoms with Crippen LogP contribution in [0.15, 0.2) is 73.3 Å². The Morgan fingerprint density at radius 2 is 1.90 bits per heavy atom. The van der Waals surface area contributed by atoms with Crippen LogP contribution in [0.3, 0.4) is 0 Å². The number of primary sulfonamides is 1. The molecule has 1 aliphatic rings. The molecule has 3 aromatic carbocycles. The van der Waals surface area contributed by atoms with E-state index in [1.165, 1.54) is 0 Å². The summed E-state index contributed by atoms with van der Waals surface area (Å²) in [7, 11) is -2.05. The largest absolute Gasteiger partial charge is 0.496 e. The molecule has 1 atom stereocenters. The molecule has 31 heavy (non-hydrogen) atoms. The molecular weight excluding hydrogens is 414 g/mol. The lowest BCUT2D eigenvalue weighted by Gasteiger charge is -2.30. The topological polar surface area (TPSA) is 87.8 Å². The van der Waals surface area contributed by atoms with Crippen molar-refractivity contribution < 1.29 is 22.6 Å². The van der Waals surface area contributed by atoms with Gasteiger partial charge in [0.1, 0.15) is 30.0 Å². The van der Waals surface area contributed by atoms with Crippen LogP contribution in [0.25, 0.3) is 11.1 Å². The van der Waals surface area contributed by atoms with E-state index in [4.69, 9.17) is 19.3 Å². The van der Waals surface area contributed by atoms with Crippen molar-refractivity contribution in [2.24, 2.45) is 5.14 Å². The highest BCUT2D eigenvalue weighted by Gasteiger charge is 2.30. The van der Waals surface area contributed by atoms with Crippen LogP contribution in [0.5, 0.6) is 17.2 Å². The minimum absolute atomic E-state index is 0.250. The molecule has 3 aromatic rings. The molecule has 0 bridgehead atoms. The first kappa shape index (κ1) is 21.0. The predicted molar refractivity (Wildman–Crippen MR) is 120 cm³/mol. The molecule has 7 heteroatoms. The predicted octanol–water partition coefficient (Wildman–Crippen LogP) is 4.20. The lowest BCUT2D eigenvalue weighted by molar-refractivity contribution is 0.242. The maximum atomic E-state index is 11.6. The Balaban J connectivity index is 1.82. The van der Waals surface area contributed by atoms with Gasteiger partial charge in [-0.1, -0.05) is 49.1 Å². The average molecular weight is 438 g/mol. The van der Waals surface area contributed by atoms with Crippen LogP contribution in [-0.4, -0.2) is 22.1 Å². The van der Waals surface area contributed by atoms with Crippen molar-refractivity contribution in [3.05, 3.63) is 90.0 Å². The molecule has 1 heterocycles. The third-order valence-electron chi connectivity index (χ3n) is 5.04. The highest BCUT2D eigenvalue weighted by atomic mass is 32.2. The van der Waals surface area contributed by atoms with Crippen LogP contribution in [0.4, 0.5) is 0 Å². The lowest BCUT2D eigenvalue weighted by atomic mass is 9.88. The van der Waals surface area contributed by atoms with Crippen LogP contribution >= 0.6 is 0 Å². The maximum absolute atomic E-state index is 11.6. The molecule has 4 rings (SSSR count). The van der Waals surface area contributed by atoms with Crippen molar-refractivity contribution in [3.63, 3.8) is 0 Å². The fraction of sp³-hybridized carbons (Fsp3) is 0.167. The van der Waals surface area contributed by atoms with E-state index < -0.39 is 16.1 Å².